The minimum absolute atomic E-state index is 0.0423. The zero-order valence-electron chi connectivity index (χ0n) is 8.96. The number of fused-ring (bicyclic) bond motifs is 1. The van der Waals surface area contributed by atoms with Gasteiger partial charge in [0.05, 0.1) is 7.11 Å². The first-order valence-corrected chi connectivity index (χ1v) is 4.97. The number of methoxy groups -OCH3 is 1. The highest BCUT2D eigenvalue weighted by atomic mass is 16.5. The molecule has 0 bridgehead atoms. The van der Waals surface area contributed by atoms with Crippen LogP contribution in [0.2, 0.25) is 0 Å². The first kappa shape index (κ1) is 9.38. The van der Waals surface area contributed by atoms with Crippen molar-refractivity contribution in [3.63, 3.8) is 0 Å². The van der Waals surface area contributed by atoms with E-state index in [-0.39, 0.29) is 5.60 Å². The third-order valence-electron chi connectivity index (χ3n) is 2.67. The second kappa shape index (κ2) is 3.19. The molecule has 0 aliphatic carbocycles. The number of rotatable bonds is 1. The Kier molecular flexibility index (Phi) is 2.14. The molecule has 0 saturated heterocycles. The molecule has 0 amide bonds. The van der Waals surface area contributed by atoms with Gasteiger partial charge in [0.25, 0.3) is 0 Å². The third-order valence-corrected chi connectivity index (χ3v) is 2.67. The van der Waals surface area contributed by atoms with Gasteiger partial charge in [-0.25, -0.2) is 0 Å². The zero-order valence-corrected chi connectivity index (χ0v) is 8.96. The van der Waals surface area contributed by atoms with Crippen molar-refractivity contribution in [2.45, 2.75) is 32.3 Å². The normalized spacial score (nSPS) is 18.2. The molecular weight excluding hydrogens is 176 g/mol. The molecule has 2 rings (SSSR count). The largest absolute Gasteiger partial charge is 0.496 e. The van der Waals surface area contributed by atoms with Gasteiger partial charge in [0.1, 0.15) is 17.1 Å². The van der Waals surface area contributed by atoms with E-state index in [9.17, 15) is 0 Å². The number of hydrogen-bond acceptors (Lipinski definition) is 2. The maximum Gasteiger partial charge on any atom is 0.127 e. The molecule has 2 nitrogen and oxygen atoms in total. The average Bonchev–Trinajstić information content (AvgIpc) is 2.15. The van der Waals surface area contributed by atoms with Gasteiger partial charge >= 0.3 is 0 Å². The van der Waals surface area contributed by atoms with Crippen LogP contribution in [0, 0.1) is 0 Å². The fourth-order valence-electron chi connectivity index (χ4n) is 1.85. The molecular formula is C12H16O2. The van der Waals surface area contributed by atoms with Crippen LogP contribution in [0.3, 0.4) is 0 Å². The Morgan fingerprint density at radius 2 is 2.14 bits per heavy atom. The Balaban J connectivity index is 2.40. The standard InChI is InChI=1S/C12H16O2/c1-12(2)8-7-9-10(13-3)5-4-6-11(9)14-12/h4-6H,7-8H2,1-3H3. The van der Waals surface area contributed by atoms with Gasteiger partial charge in [-0.3, -0.25) is 0 Å². The van der Waals surface area contributed by atoms with Crippen molar-refractivity contribution in [2.75, 3.05) is 7.11 Å². The van der Waals surface area contributed by atoms with E-state index in [1.165, 1.54) is 5.56 Å². The highest BCUT2D eigenvalue weighted by Crippen LogP contribution is 2.37. The summed E-state index contributed by atoms with van der Waals surface area (Å²) in [6, 6.07) is 5.97. The molecule has 76 valence electrons. The number of benzene rings is 1. The summed E-state index contributed by atoms with van der Waals surface area (Å²) in [5.74, 6) is 1.92. The number of hydrogen-bond donors (Lipinski definition) is 0. The maximum absolute atomic E-state index is 5.88. The Hall–Kier alpha value is -1.18. The molecule has 0 radical (unpaired) electrons. The monoisotopic (exact) mass is 192 g/mol. The molecule has 0 unspecified atom stereocenters. The molecule has 0 saturated carbocycles. The van der Waals surface area contributed by atoms with Crippen LogP contribution >= 0.6 is 0 Å². The van der Waals surface area contributed by atoms with Crippen molar-refractivity contribution in [3.05, 3.63) is 23.8 Å². The summed E-state index contributed by atoms with van der Waals surface area (Å²) < 4.78 is 11.2. The van der Waals surface area contributed by atoms with E-state index in [2.05, 4.69) is 13.8 Å². The summed E-state index contributed by atoms with van der Waals surface area (Å²) in [6.07, 6.45) is 2.08. The molecule has 1 aromatic rings. The van der Waals surface area contributed by atoms with E-state index in [1.54, 1.807) is 7.11 Å². The van der Waals surface area contributed by atoms with Crippen LogP contribution in [0.25, 0.3) is 0 Å². The first-order valence-electron chi connectivity index (χ1n) is 4.97. The van der Waals surface area contributed by atoms with Crippen molar-refractivity contribution in [1.82, 2.24) is 0 Å². The molecule has 14 heavy (non-hydrogen) atoms. The van der Waals surface area contributed by atoms with Gasteiger partial charge in [-0.05, 0) is 38.8 Å². The fraction of sp³-hybridized carbons (Fsp3) is 0.500. The summed E-state index contributed by atoms with van der Waals surface area (Å²) >= 11 is 0. The molecule has 0 spiro atoms. The van der Waals surface area contributed by atoms with Crippen LogP contribution < -0.4 is 9.47 Å². The summed E-state index contributed by atoms with van der Waals surface area (Å²) in [7, 11) is 1.70. The van der Waals surface area contributed by atoms with E-state index in [1.807, 2.05) is 18.2 Å². The fourth-order valence-corrected chi connectivity index (χ4v) is 1.85. The highest BCUT2D eigenvalue weighted by molar-refractivity contribution is 5.46. The SMILES string of the molecule is COc1cccc2c1CCC(C)(C)O2. The molecule has 0 fully saturated rings. The van der Waals surface area contributed by atoms with E-state index in [0.29, 0.717) is 0 Å². The van der Waals surface area contributed by atoms with Crippen molar-refractivity contribution in [3.8, 4) is 11.5 Å². The van der Waals surface area contributed by atoms with Crippen molar-refractivity contribution >= 4 is 0 Å². The van der Waals surface area contributed by atoms with Crippen LogP contribution in [0.1, 0.15) is 25.8 Å². The molecule has 0 N–H and O–H groups in total. The number of ether oxygens (including phenoxy) is 2. The summed E-state index contributed by atoms with van der Waals surface area (Å²) in [5.41, 5.74) is 1.16. The molecule has 2 heteroatoms. The van der Waals surface area contributed by atoms with Crippen molar-refractivity contribution in [2.24, 2.45) is 0 Å². The third kappa shape index (κ3) is 1.57. The van der Waals surface area contributed by atoms with Crippen LogP contribution in [0.15, 0.2) is 18.2 Å². The maximum atomic E-state index is 5.88. The molecule has 1 heterocycles. The Morgan fingerprint density at radius 1 is 1.36 bits per heavy atom. The van der Waals surface area contributed by atoms with Crippen LogP contribution in [0.4, 0.5) is 0 Å². The van der Waals surface area contributed by atoms with Crippen LogP contribution in [-0.2, 0) is 6.42 Å². The molecule has 1 aromatic carbocycles. The summed E-state index contributed by atoms with van der Waals surface area (Å²) in [5, 5.41) is 0. The van der Waals surface area contributed by atoms with Gasteiger partial charge < -0.3 is 9.47 Å². The molecule has 0 aromatic heterocycles. The second-order valence-corrected chi connectivity index (χ2v) is 4.30. The van der Waals surface area contributed by atoms with E-state index in [4.69, 9.17) is 9.47 Å². The lowest BCUT2D eigenvalue weighted by Gasteiger charge is -2.33. The minimum atomic E-state index is -0.0423. The van der Waals surface area contributed by atoms with E-state index in [0.717, 1.165) is 24.3 Å². The quantitative estimate of drug-likeness (QED) is 0.681. The lowest BCUT2D eigenvalue weighted by atomic mass is 9.94. The predicted molar refractivity (Wildman–Crippen MR) is 56.0 cm³/mol. The van der Waals surface area contributed by atoms with Gasteiger partial charge in [0.2, 0.25) is 0 Å². The molecule has 0 atom stereocenters. The van der Waals surface area contributed by atoms with E-state index >= 15 is 0 Å². The predicted octanol–water partition coefficient (Wildman–Crippen LogP) is 2.80. The summed E-state index contributed by atoms with van der Waals surface area (Å²) in [6.45, 7) is 4.24. The van der Waals surface area contributed by atoms with E-state index < -0.39 is 0 Å². The topological polar surface area (TPSA) is 18.5 Å². The van der Waals surface area contributed by atoms with Gasteiger partial charge in [-0.15, -0.1) is 0 Å². The van der Waals surface area contributed by atoms with Crippen LogP contribution in [0.5, 0.6) is 11.5 Å². The van der Waals surface area contributed by atoms with Gasteiger partial charge in [0, 0.05) is 5.56 Å². The lowest BCUT2D eigenvalue weighted by Crippen LogP contribution is -2.32. The molecule has 1 aliphatic heterocycles. The summed E-state index contributed by atoms with van der Waals surface area (Å²) in [4.78, 5) is 0. The lowest BCUT2D eigenvalue weighted by molar-refractivity contribution is 0.0836. The highest BCUT2D eigenvalue weighted by Gasteiger charge is 2.27. The van der Waals surface area contributed by atoms with Crippen LogP contribution in [-0.4, -0.2) is 12.7 Å². The molecule has 1 aliphatic rings. The Labute approximate surface area is 84.8 Å². The zero-order chi connectivity index (χ0) is 10.2. The second-order valence-electron chi connectivity index (χ2n) is 4.30. The minimum Gasteiger partial charge on any atom is -0.496 e. The van der Waals surface area contributed by atoms with Crippen molar-refractivity contribution in [1.29, 1.82) is 0 Å². The van der Waals surface area contributed by atoms with Crippen molar-refractivity contribution < 1.29 is 9.47 Å². The Morgan fingerprint density at radius 3 is 2.86 bits per heavy atom. The first-order chi connectivity index (χ1) is 6.62. The Bertz CT molecular complexity index is 342. The smallest absolute Gasteiger partial charge is 0.127 e. The average molecular weight is 192 g/mol. The van der Waals surface area contributed by atoms with Gasteiger partial charge in [0.15, 0.2) is 0 Å². The van der Waals surface area contributed by atoms with Gasteiger partial charge in [-0.2, -0.15) is 0 Å². The van der Waals surface area contributed by atoms with Gasteiger partial charge in [-0.1, -0.05) is 6.07 Å².